The first kappa shape index (κ1) is 8.70. The molecule has 0 fully saturated rings. The number of hydrogen-bond acceptors (Lipinski definition) is 3. The molecule has 0 saturated carbocycles. The van der Waals surface area contributed by atoms with Crippen LogP contribution in [0.4, 0.5) is 4.79 Å². The fraction of sp³-hybridized carbons (Fsp3) is 0.500. The molecule has 0 radical (unpaired) electrons. The monoisotopic (exact) mass is 148 g/mol. The van der Waals surface area contributed by atoms with Crippen molar-refractivity contribution in [2.45, 2.75) is 6.04 Å². The predicted molar refractivity (Wildman–Crippen MR) is 31.6 cm³/mol. The van der Waals surface area contributed by atoms with E-state index < -0.39 is 18.1 Å². The molecule has 0 aromatic heterocycles. The lowest BCUT2D eigenvalue weighted by Gasteiger charge is -2.03. The maximum atomic E-state index is 9.95. The molecular formula is C4H8N2O4. The first-order valence-electron chi connectivity index (χ1n) is 2.49. The molecule has 5 N–H and O–H groups in total. The fourth-order valence-corrected chi connectivity index (χ4v) is 0.285. The van der Waals surface area contributed by atoms with E-state index in [4.69, 9.17) is 15.9 Å². The Morgan fingerprint density at radius 1 is 1.50 bits per heavy atom. The highest BCUT2D eigenvalue weighted by Gasteiger charge is 2.11. The van der Waals surface area contributed by atoms with Crippen molar-refractivity contribution in [2.24, 2.45) is 5.73 Å². The van der Waals surface area contributed by atoms with E-state index >= 15 is 0 Å². The van der Waals surface area contributed by atoms with Crippen LogP contribution in [0.1, 0.15) is 0 Å². The Morgan fingerprint density at radius 2 is 2.00 bits per heavy atom. The molecule has 6 nitrogen and oxygen atoms in total. The van der Waals surface area contributed by atoms with Gasteiger partial charge in [-0.05, 0) is 0 Å². The topological polar surface area (TPSA) is 113 Å². The van der Waals surface area contributed by atoms with Gasteiger partial charge in [0.15, 0.2) is 0 Å². The van der Waals surface area contributed by atoms with E-state index in [0.29, 0.717) is 0 Å². The summed E-state index contributed by atoms with van der Waals surface area (Å²) in [6, 6.07) is -1.17. The first-order chi connectivity index (χ1) is 4.54. The van der Waals surface area contributed by atoms with Gasteiger partial charge in [0.2, 0.25) is 0 Å². The summed E-state index contributed by atoms with van der Waals surface area (Å²) in [5.41, 5.74) is 4.94. The van der Waals surface area contributed by atoms with Crippen LogP contribution in [0.3, 0.4) is 0 Å². The number of carbonyl (C=O) groups is 2. The Kier molecular flexibility index (Phi) is 3.20. The molecule has 0 spiro atoms. The third-order valence-electron chi connectivity index (χ3n) is 0.790. The van der Waals surface area contributed by atoms with Gasteiger partial charge in [-0.2, -0.15) is 0 Å². The zero-order valence-electron chi connectivity index (χ0n) is 5.07. The Bertz CT molecular complexity index is 146. The molecule has 0 aromatic carbocycles. The van der Waals surface area contributed by atoms with Gasteiger partial charge in [-0.3, -0.25) is 4.79 Å². The van der Waals surface area contributed by atoms with Gasteiger partial charge in [-0.1, -0.05) is 0 Å². The van der Waals surface area contributed by atoms with E-state index in [0.717, 1.165) is 0 Å². The Hall–Kier alpha value is -1.30. The molecule has 0 aromatic rings. The van der Waals surface area contributed by atoms with E-state index in [1.54, 1.807) is 0 Å². The van der Waals surface area contributed by atoms with Gasteiger partial charge in [0.25, 0.3) is 0 Å². The maximum Gasteiger partial charge on any atom is 0.404 e. The number of amides is 1. The minimum atomic E-state index is -1.28. The number of carboxylic acids is 1. The van der Waals surface area contributed by atoms with Crippen LogP contribution < -0.4 is 11.1 Å². The van der Waals surface area contributed by atoms with Gasteiger partial charge in [0, 0.05) is 6.54 Å². The molecule has 0 unspecified atom stereocenters. The summed E-state index contributed by atoms with van der Waals surface area (Å²) >= 11 is 0. The normalized spacial score (nSPS) is 12.1. The average Bonchev–Trinajstić information content (AvgIpc) is 1.82. The van der Waals surface area contributed by atoms with Crippen LogP contribution in [0.15, 0.2) is 0 Å². The maximum absolute atomic E-state index is 9.95. The molecule has 1 atom stereocenters. The summed E-state index contributed by atoms with van der Waals surface area (Å²) in [6.45, 7) is -0.273. The van der Waals surface area contributed by atoms with Crippen molar-refractivity contribution in [1.29, 1.82) is 0 Å². The van der Waals surface area contributed by atoms with E-state index in [9.17, 15) is 9.59 Å². The Labute approximate surface area is 56.6 Å². The average molecular weight is 148 g/mol. The van der Waals surface area contributed by atoms with E-state index in [-0.39, 0.29) is 6.54 Å². The highest BCUT2D eigenvalue weighted by Crippen LogP contribution is 1.74. The van der Waals surface area contributed by atoms with Crippen molar-refractivity contribution in [3.63, 3.8) is 0 Å². The molecular weight excluding hydrogens is 140 g/mol. The summed E-state index contributed by atoms with van der Waals surface area (Å²) in [6.07, 6.45) is -1.28. The number of carboxylic acid groups (broad SMARTS) is 2. The third kappa shape index (κ3) is 3.67. The second-order valence-electron chi connectivity index (χ2n) is 1.63. The second-order valence-corrected chi connectivity index (χ2v) is 1.63. The molecule has 0 heterocycles. The predicted octanol–water partition coefficient (Wildman–Crippen LogP) is -1.33. The molecule has 0 aliphatic heterocycles. The summed E-state index contributed by atoms with van der Waals surface area (Å²) < 4.78 is 0. The van der Waals surface area contributed by atoms with Crippen molar-refractivity contribution in [3.05, 3.63) is 0 Å². The minimum absolute atomic E-state index is 0.273. The molecule has 0 saturated heterocycles. The quantitative estimate of drug-likeness (QED) is 0.396. The molecule has 0 aliphatic rings. The zero-order valence-corrected chi connectivity index (χ0v) is 5.07. The summed E-state index contributed by atoms with van der Waals surface area (Å²) in [4.78, 5) is 19.7. The van der Waals surface area contributed by atoms with Crippen molar-refractivity contribution >= 4 is 12.1 Å². The minimum Gasteiger partial charge on any atom is -0.480 e. The number of nitrogens with one attached hydrogen (secondary N) is 1. The van der Waals surface area contributed by atoms with Crippen LogP contribution in [-0.4, -0.2) is 34.9 Å². The Morgan fingerprint density at radius 3 is 2.30 bits per heavy atom. The molecule has 10 heavy (non-hydrogen) atoms. The molecule has 58 valence electrons. The number of rotatable bonds is 3. The SMILES string of the molecule is N[C@@H](CNC(=O)O)C(=O)O. The number of hydrogen-bond donors (Lipinski definition) is 4. The van der Waals surface area contributed by atoms with Crippen molar-refractivity contribution < 1.29 is 19.8 Å². The van der Waals surface area contributed by atoms with Crippen molar-refractivity contribution in [1.82, 2.24) is 5.32 Å². The number of nitrogens with two attached hydrogens (primary N) is 1. The van der Waals surface area contributed by atoms with Crippen molar-refractivity contribution in [2.75, 3.05) is 6.54 Å². The molecule has 1 amide bonds. The van der Waals surface area contributed by atoms with Crippen LogP contribution in [0, 0.1) is 0 Å². The van der Waals surface area contributed by atoms with Gasteiger partial charge in [0.05, 0.1) is 0 Å². The smallest absolute Gasteiger partial charge is 0.404 e. The van der Waals surface area contributed by atoms with Gasteiger partial charge in [0.1, 0.15) is 6.04 Å². The second kappa shape index (κ2) is 3.67. The molecule has 6 heteroatoms. The van der Waals surface area contributed by atoms with Gasteiger partial charge >= 0.3 is 12.1 Å². The summed E-state index contributed by atoms with van der Waals surface area (Å²) in [5.74, 6) is -1.23. The van der Waals surface area contributed by atoms with E-state index in [1.807, 2.05) is 5.32 Å². The Balaban J connectivity index is 3.49. The van der Waals surface area contributed by atoms with E-state index in [2.05, 4.69) is 0 Å². The van der Waals surface area contributed by atoms with Gasteiger partial charge in [-0.25, -0.2) is 4.79 Å². The van der Waals surface area contributed by atoms with Crippen LogP contribution >= 0.6 is 0 Å². The van der Waals surface area contributed by atoms with Crippen LogP contribution in [-0.2, 0) is 4.79 Å². The molecule has 0 rings (SSSR count). The lowest BCUT2D eigenvalue weighted by molar-refractivity contribution is -0.138. The van der Waals surface area contributed by atoms with Crippen molar-refractivity contribution in [3.8, 4) is 0 Å². The standard InChI is InChI=1S/C4H8N2O4/c5-2(3(7)8)1-6-4(9)10/h2,6H,1,5H2,(H,7,8)(H,9,10)/t2-/m0/s1. The highest BCUT2D eigenvalue weighted by atomic mass is 16.4. The number of aliphatic carboxylic acids is 1. The van der Waals surface area contributed by atoms with Crippen LogP contribution in [0.25, 0.3) is 0 Å². The van der Waals surface area contributed by atoms with Crippen LogP contribution in [0.2, 0.25) is 0 Å². The summed E-state index contributed by atoms with van der Waals surface area (Å²) in [7, 11) is 0. The van der Waals surface area contributed by atoms with Crippen LogP contribution in [0.5, 0.6) is 0 Å². The molecule has 0 bridgehead atoms. The van der Waals surface area contributed by atoms with Gasteiger partial charge in [-0.15, -0.1) is 0 Å². The highest BCUT2D eigenvalue weighted by molar-refractivity contribution is 5.74. The lowest BCUT2D eigenvalue weighted by Crippen LogP contribution is -2.41. The first-order valence-corrected chi connectivity index (χ1v) is 2.49. The van der Waals surface area contributed by atoms with E-state index in [1.165, 1.54) is 0 Å². The fourth-order valence-electron chi connectivity index (χ4n) is 0.285. The zero-order chi connectivity index (χ0) is 8.15. The largest absolute Gasteiger partial charge is 0.480 e. The lowest BCUT2D eigenvalue weighted by atomic mass is 10.3. The third-order valence-corrected chi connectivity index (χ3v) is 0.790. The molecule has 0 aliphatic carbocycles. The summed E-state index contributed by atoms with van der Waals surface area (Å²) in [5, 5.41) is 18.0. The van der Waals surface area contributed by atoms with Gasteiger partial charge < -0.3 is 21.3 Å².